The van der Waals surface area contributed by atoms with E-state index in [0.29, 0.717) is 32.4 Å². The van der Waals surface area contributed by atoms with E-state index in [1.807, 2.05) is 42.5 Å². The predicted molar refractivity (Wildman–Crippen MR) is 97.5 cm³/mol. The molecule has 2 N–H and O–H groups in total. The van der Waals surface area contributed by atoms with E-state index in [1.165, 1.54) is 0 Å². The Morgan fingerprint density at radius 1 is 1.08 bits per heavy atom. The van der Waals surface area contributed by atoms with Crippen LogP contribution in [0.1, 0.15) is 24.1 Å². The SMILES string of the molecule is COc1ccc(CCNC(=O)C2(C(=O)NCc3ccccn3)CC2)cc1. The monoisotopic (exact) mass is 353 g/mol. The first kappa shape index (κ1) is 17.9. The fourth-order valence-electron chi connectivity index (χ4n) is 2.81. The van der Waals surface area contributed by atoms with Crippen LogP contribution in [0.3, 0.4) is 0 Å². The van der Waals surface area contributed by atoms with Crippen molar-refractivity contribution in [1.29, 1.82) is 0 Å². The van der Waals surface area contributed by atoms with Crippen molar-refractivity contribution < 1.29 is 14.3 Å². The molecule has 6 heteroatoms. The average Bonchev–Trinajstić information content (AvgIpc) is 3.49. The number of nitrogens with zero attached hydrogens (tertiary/aromatic N) is 1. The molecule has 1 fully saturated rings. The number of ether oxygens (including phenoxy) is 1. The third kappa shape index (κ3) is 4.20. The summed E-state index contributed by atoms with van der Waals surface area (Å²) in [5.74, 6) is 0.397. The smallest absolute Gasteiger partial charge is 0.236 e. The van der Waals surface area contributed by atoms with Crippen LogP contribution in [0.25, 0.3) is 0 Å². The maximum absolute atomic E-state index is 12.5. The van der Waals surface area contributed by atoms with Gasteiger partial charge in [-0.2, -0.15) is 0 Å². The van der Waals surface area contributed by atoms with Gasteiger partial charge in [-0.25, -0.2) is 0 Å². The zero-order chi connectivity index (χ0) is 18.4. The number of benzene rings is 1. The van der Waals surface area contributed by atoms with Gasteiger partial charge in [-0.15, -0.1) is 0 Å². The Balaban J connectivity index is 1.46. The van der Waals surface area contributed by atoms with E-state index in [0.717, 1.165) is 17.0 Å². The van der Waals surface area contributed by atoms with Crippen molar-refractivity contribution in [2.24, 2.45) is 5.41 Å². The molecule has 1 aliphatic rings. The van der Waals surface area contributed by atoms with Gasteiger partial charge < -0.3 is 15.4 Å². The third-order valence-electron chi connectivity index (χ3n) is 4.63. The minimum Gasteiger partial charge on any atom is -0.497 e. The lowest BCUT2D eigenvalue weighted by molar-refractivity contribution is -0.137. The topological polar surface area (TPSA) is 80.3 Å². The Kier molecular flexibility index (Phi) is 5.51. The predicted octanol–water partition coefficient (Wildman–Crippen LogP) is 1.85. The van der Waals surface area contributed by atoms with Gasteiger partial charge >= 0.3 is 0 Å². The first-order valence-electron chi connectivity index (χ1n) is 8.73. The van der Waals surface area contributed by atoms with E-state index in [-0.39, 0.29) is 11.8 Å². The van der Waals surface area contributed by atoms with Gasteiger partial charge in [0.25, 0.3) is 0 Å². The highest BCUT2D eigenvalue weighted by atomic mass is 16.5. The normalized spacial score (nSPS) is 14.3. The Bertz CT molecular complexity index is 756. The number of nitrogens with one attached hydrogen (secondary N) is 2. The molecule has 0 saturated heterocycles. The molecule has 6 nitrogen and oxygen atoms in total. The van der Waals surface area contributed by atoms with Crippen molar-refractivity contribution in [2.45, 2.75) is 25.8 Å². The third-order valence-corrected chi connectivity index (χ3v) is 4.63. The second-order valence-corrected chi connectivity index (χ2v) is 6.44. The second kappa shape index (κ2) is 7.99. The minimum atomic E-state index is -0.908. The molecule has 0 atom stereocenters. The number of amides is 2. The number of hydrogen-bond acceptors (Lipinski definition) is 4. The second-order valence-electron chi connectivity index (χ2n) is 6.44. The molecule has 1 aliphatic carbocycles. The lowest BCUT2D eigenvalue weighted by Gasteiger charge is -2.15. The van der Waals surface area contributed by atoms with E-state index in [2.05, 4.69) is 15.6 Å². The number of methoxy groups -OCH3 is 1. The van der Waals surface area contributed by atoms with Crippen molar-refractivity contribution in [3.05, 3.63) is 59.9 Å². The number of hydrogen-bond donors (Lipinski definition) is 2. The van der Waals surface area contributed by atoms with E-state index in [9.17, 15) is 9.59 Å². The number of rotatable bonds is 8. The summed E-state index contributed by atoms with van der Waals surface area (Å²) in [5, 5.41) is 5.72. The molecule has 1 heterocycles. The fraction of sp³-hybridized carbons (Fsp3) is 0.350. The maximum Gasteiger partial charge on any atom is 0.236 e. The van der Waals surface area contributed by atoms with Crippen molar-refractivity contribution in [1.82, 2.24) is 15.6 Å². The Hall–Kier alpha value is -2.89. The lowest BCUT2D eigenvalue weighted by atomic mass is 10.0. The van der Waals surface area contributed by atoms with Gasteiger partial charge in [0.1, 0.15) is 11.2 Å². The van der Waals surface area contributed by atoms with Crippen LogP contribution in [0, 0.1) is 5.41 Å². The number of carbonyl (C=O) groups is 2. The molecule has 1 aromatic carbocycles. The van der Waals surface area contributed by atoms with Gasteiger partial charge in [0.05, 0.1) is 19.3 Å². The summed E-state index contributed by atoms with van der Waals surface area (Å²) in [6.07, 6.45) is 3.58. The quantitative estimate of drug-likeness (QED) is 0.710. The summed E-state index contributed by atoms with van der Waals surface area (Å²) < 4.78 is 5.13. The van der Waals surface area contributed by atoms with Crippen LogP contribution in [0.15, 0.2) is 48.7 Å². The Morgan fingerprint density at radius 2 is 1.81 bits per heavy atom. The van der Waals surface area contributed by atoms with E-state index < -0.39 is 5.41 Å². The first-order chi connectivity index (χ1) is 12.6. The van der Waals surface area contributed by atoms with Crippen molar-refractivity contribution in [3.63, 3.8) is 0 Å². The molecule has 3 rings (SSSR count). The zero-order valence-electron chi connectivity index (χ0n) is 14.8. The number of carbonyl (C=O) groups excluding carboxylic acids is 2. The highest BCUT2D eigenvalue weighted by Crippen LogP contribution is 2.46. The molecule has 0 spiro atoms. The van der Waals surface area contributed by atoms with Gasteiger partial charge in [0.15, 0.2) is 0 Å². The number of pyridine rings is 1. The van der Waals surface area contributed by atoms with Crippen LogP contribution in [-0.4, -0.2) is 30.5 Å². The summed E-state index contributed by atoms with van der Waals surface area (Å²) in [4.78, 5) is 29.1. The zero-order valence-corrected chi connectivity index (χ0v) is 14.8. The molecule has 0 bridgehead atoms. The van der Waals surface area contributed by atoms with Crippen molar-refractivity contribution in [2.75, 3.05) is 13.7 Å². The molecule has 2 amide bonds. The van der Waals surface area contributed by atoms with Crippen LogP contribution in [-0.2, 0) is 22.6 Å². The highest BCUT2D eigenvalue weighted by molar-refractivity contribution is 6.07. The van der Waals surface area contributed by atoms with Crippen LogP contribution >= 0.6 is 0 Å². The summed E-state index contributed by atoms with van der Waals surface area (Å²) >= 11 is 0. The van der Waals surface area contributed by atoms with Crippen molar-refractivity contribution in [3.8, 4) is 5.75 Å². The van der Waals surface area contributed by atoms with Crippen LogP contribution in [0.2, 0.25) is 0 Å². The minimum absolute atomic E-state index is 0.190. The summed E-state index contributed by atoms with van der Waals surface area (Å²) in [7, 11) is 1.63. The summed E-state index contributed by atoms with van der Waals surface area (Å²) in [6, 6.07) is 13.3. The standard InChI is InChI=1S/C20H23N3O3/c1-26-17-7-5-15(6-8-17)9-13-22-18(24)20(10-11-20)19(25)23-14-16-4-2-3-12-21-16/h2-8,12H,9-11,13-14H2,1H3,(H,22,24)(H,23,25). The molecule has 0 unspecified atom stereocenters. The molecule has 0 radical (unpaired) electrons. The largest absolute Gasteiger partial charge is 0.497 e. The lowest BCUT2D eigenvalue weighted by Crippen LogP contribution is -2.43. The van der Waals surface area contributed by atoms with E-state index in [1.54, 1.807) is 13.3 Å². The Morgan fingerprint density at radius 3 is 2.42 bits per heavy atom. The van der Waals surface area contributed by atoms with Crippen molar-refractivity contribution >= 4 is 11.8 Å². The van der Waals surface area contributed by atoms with Crippen LogP contribution in [0.5, 0.6) is 5.75 Å². The van der Waals surface area contributed by atoms with Gasteiger partial charge in [0.2, 0.25) is 11.8 Å². The molecule has 0 aliphatic heterocycles. The molecule has 1 saturated carbocycles. The highest BCUT2D eigenvalue weighted by Gasteiger charge is 2.56. The van der Waals surface area contributed by atoms with E-state index >= 15 is 0 Å². The number of aromatic nitrogens is 1. The molecular weight excluding hydrogens is 330 g/mol. The molecular formula is C20H23N3O3. The summed E-state index contributed by atoms with van der Waals surface area (Å²) in [5.41, 5.74) is 0.974. The first-order valence-corrected chi connectivity index (χ1v) is 8.73. The van der Waals surface area contributed by atoms with Crippen LogP contribution < -0.4 is 15.4 Å². The molecule has 136 valence electrons. The van der Waals surface area contributed by atoms with Gasteiger partial charge in [-0.3, -0.25) is 14.6 Å². The van der Waals surface area contributed by atoms with Gasteiger partial charge in [-0.1, -0.05) is 18.2 Å². The van der Waals surface area contributed by atoms with Crippen LogP contribution in [0.4, 0.5) is 0 Å². The molecule has 2 aromatic rings. The maximum atomic E-state index is 12.5. The van der Waals surface area contributed by atoms with Gasteiger partial charge in [0, 0.05) is 12.7 Å². The summed E-state index contributed by atoms with van der Waals surface area (Å²) in [6.45, 7) is 0.834. The fourth-order valence-corrected chi connectivity index (χ4v) is 2.81. The molecule has 1 aromatic heterocycles. The molecule has 26 heavy (non-hydrogen) atoms. The Labute approximate surface area is 153 Å². The average molecular weight is 353 g/mol. The van der Waals surface area contributed by atoms with E-state index in [4.69, 9.17) is 4.74 Å². The van der Waals surface area contributed by atoms with Gasteiger partial charge in [-0.05, 0) is 49.1 Å².